The van der Waals surface area contributed by atoms with E-state index >= 15 is 0 Å². The Labute approximate surface area is 362 Å². The molecule has 344 valence electrons. The minimum atomic E-state index is -2.27. The highest BCUT2D eigenvalue weighted by molar-refractivity contribution is 6.76. The number of ether oxygens (including phenoxy) is 2. The number of amides is 3. The zero-order chi connectivity index (χ0) is 45.9. The number of nitrogens with one attached hydrogen (secondary N) is 4. The van der Waals surface area contributed by atoms with E-state index in [9.17, 15) is 14.7 Å². The lowest BCUT2D eigenvalue weighted by Gasteiger charge is -2.56. The summed E-state index contributed by atoms with van der Waals surface area (Å²) in [7, 11) is -4.46. The molecule has 0 radical (unpaired) electrons. The molecule has 5 N–H and O–H groups in total. The number of hydrogen-bond donors (Lipinski definition) is 5. The highest BCUT2D eigenvalue weighted by Crippen LogP contribution is 2.54. The van der Waals surface area contributed by atoms with Crippen LogP contribution in [0.5, 0.6) is 0 Å². The molecule has 3 amide bonds. The van der Waals surface area contributed by atoms with Gasteiger partial charge in [-0.25, -0.2) is 9.79 Å². The summed E-state index contributed by atoms with van der Waals surface area (Å²) in [5.74, 6) is 0.0502. The molecular formula is C45H89N5O7Si2. The standard InChI is InChI=1S/C45H89N5O7Si2/c1-32-27-34(51)49-36(47-32)50-37(53)46-31-45(18)29-33(28-40(8,9)30-45)48-35(52)42(12,13)55-25-23-41(10,11)54-24-22-26-59(21,39(5,6)7)57-43(14,15)44(16,17)58(19,20)56-38(2,3)4/h27,33-34,51H,22-26,28-31H2,1-21H3,(H,48,52)(H3,46,47,49,50,53). The SMILES string of the molecule is CC1=CC(O)N=C(NC(=O)NCC2(C)CC(NC(=O)C(C)(C)OCCC(C)(C)OCCC[Si](C)(OC(C)(C)C(C)(C)[Si](C)(C)OC(C)(C)C)C(C)(C)C)CC(C)(C)C2)N1. The van der Waals surface area contributed by atoms with Crippen LogP contribution in [0, 0.1) is 10.8 Å². The van der Waals surface area contributed by atoms with Gasteiger partial charge in [-0.05, 0) is 149 Å². The molecule has 14 heteroatoms. The van der Waals surface area contributed by atoms with Crippen molar-refractivity contribution in [2.45, 2.75) is 227 Å². The first-order valence-corrected chi connectivity index (χ1v) is 27.5. The molecule has 0 bridgehead atoms. The zero-order valence-electron chi connectivity index (χ0n) is 41.4. The van der Waals surface area contributed by atoms with E-state index in [-0.39, 0.29) is 50.0 Å². The third-order valence-electron chi connectivity index (χ3n) is 13.3. The van der Waals surface area contributed by atoms with Crippen LogP contribution in [-0.2, 0) is 23.1 Å². The number of aliphatic hydroxyl groups is 1. The summed E-state index contributed by atoms with van der Waals surface area (Å²) in [5, 5.41) is 21.7. The molecule has 2 aliphatic rings. The minimum Gasteiger partial charge on any atom is -0.412 e. The normalized spacial score (nSPS) is 23.4. The molecule has 1 aliphatic heterocycles. The van der Waals surface area contributed by atoms with Crippen LogP contribution in [0.25, 0.3) is 0 Å². The lowest BCUT2D eigenvalue weighted by molar-refractivity contribution is -0.147. The van der Waals surface area contributed by atoms with Gasteiger partial charge in [0.05, 0.1) is 17.8 Å². The molecule has 1 aliphatic carbocycles. The van der Waals surface area contributed by atoms with Crippen LogP contribution >= 0.6 is 0 Å². The van der Waals surface area contributed by atoms with E-state index in [4.69, 9.17) is 18.3 Å². The number of carbonyl (C=O) groups excluding carboxylic acids is 2. The van der Waals surface area contributed by atoms with Crippen molar-refractivity contribution in [2.24, 2.45) is 15.8 Å². The Bertz CT molecular complexity index is 1510. The summed E-state index contributed by atoms with van der Waals surface area (Å²) >= 11 is 0. The van der Waals surface area contributed by atoms with Gasteiger partial charge in [-0.2, -0.15) is 0 Å². The first-order valence-electron chi connectivity index (χ1n) is 22.0. The molecule has 0 aromatic carbocycles. The second kappa shape index (κ2) is 18.9. The summed E-state index contributed by atoms with van der Waals surface area (Å²) in [5.41, 5.74) is -1.67. The van der Waals surface area contributed by atoms with Crippen molar-refractivity contribution < 1.29 is 33.0 Å². The molecule has 0 aromatic heterocycles. The third-order valence-corrected chi connectivity index (χ3v) is 23.5. The van der Waals surface area contributed by atoms with E-state index in [1.807, 2.05) is 13.8 Å². The van der Waals surface area contributed by atoms with Gasteiger partial charge in [0.15, 0.2) is 22.9 Å². The van der Waals surface area contributed by atoms with Crippen molar-refractivity contribution in [2.75, 3.05) is 19.8 Å². The maximum Gasteiger partial charge on any atom is 0.321 e. The van der Waals surface area contributed by atoms with Crippen LogP contribution in [0.15, 0.2) is 16.8 Å². The van der Waals surface area contributed by atoms with Crippen LogP contribution in [0.2, 0.25) is 35.8 Å². The average Bonchev–Trinajstić information content (AvgIpc) is 2.98. The number of carbonyl (C=O) groups is 2. The summed E-state index contributed by atoms with van der Waals surface area (Å²) in [4.78, 5) is 30.5. The zero-order valence-corrected chi connectivity index (χ0v) is 43.4. The van der Waals surface area contributed by atoms with E-state index < -0.39 is 40.1 Å². The van der Waals surface area contributed by atoms with Gasteiger partial charge < -0.3 is 39.4 Å². The minimum absolute atomic E-state index is 0.0253. The number of urea groups is 1. The maximum absolute atomic E-state index is 13.7. The maximum atomic E-state index is 13.7. The number of aliphatic hydroxyl groups excluding tert-OH is 1. The molecule has 1 heterocycles. The first-order chi connectivity index (χ1) is 26.3. The van der Waals surface area contributed by atoms with Gasteiger partial charge >= 0.3 is 6.03 Å². The van der Waals surface area contributed by atoms with Crippen molar-refractivity contribution >= 4 is 34.5 Å². The number of guanidine groups is 1. The highest BCUT2D eigenvalue weighted by Gasteiger charge is 2.57. The van der Waals surface area contributed by atoms with Crippen LogP contribution in [0.3, 0.4) is 0 Å². The number of nitrogens with zero attached hydrogens (tertiary/aromatic N) is 1. The van der Waals surface area contributed by atoms with Gasteiger partial charge in [0, 0.05) is 35.5 Å². The molecule has 4 atom stereocenters. The summed E-state index contributed by atoms with van der Waals surface area (Å²) in [6.07, 6.45) is 4.52. The highest BCUT2D eigenvalue weighted by atomic mass is 28.4. The number of aliphatic imine (C=N–C) groups is 1. The topological polar surface area (TPSA) is 152 Å². The fourth-order valence-corrected chi connectivity index (χ4v) is 15.5. The second-order valence-corrected chi connectivity index (χ2v) is 32.8. The largest absolute Gasteiger partial charge is 0.412 e. The number of rotatable bonds is 18. The van der Waals surface area contributed by atoms with Gasteiger partial charge in [-0.1, -0.05) is 55.4 Å². The molecule has 0 aromatic rings. The van der Waals surface area contributed by atoms with Gasteiger partial charge in [-0.3, -0.25) is 10.1 Å². The lowest BCUT2D eigenvalue weighted by Crippen LogP contribution is -2.61. The predicted octanol–water partition coefficient (Wildman–Crippen LogP) is 9.51. The average molecular weight is 868 g/mol. The van der Waals surface area contributed by atoms with Crippen molar-refractivity contribution in [1.29, 1.82) is 0 Å². The summed E-state index contributed by atoms with van der Waals surface area (Å²) in [6, 6.07) is 0.494. The molecule has 59 heavy (non-hydrogen) atoms. The molecule has 1 saturated carbocycles. The van der Waals surface area contributed by atoms with Crippen LogP contribution < -0.4 is 21.3 Å². The lowest BCUT2D eigenvalue weighted by atomic mass is 9.62. The molecule has 2 rings (SSSR count). The smallest absolute Gasteiger partial charge is 0.321 e. The Morgan fingerprint density at radius 2 is 1.49 bits per heavy atom. The Balaban J connectivity index is 1.94. The Morgan fingerprint density at radius 1 is 0.898 bits per heavy atom. The van der Waals surface area contributed by atoms with Crippen LogP contribution in [0.1, 0.15) is 157 Å². The Hall–Kier alpha value is -1.82. The van der Waals surface area contributed by atoms with Gasteiger partial charge in [-0.15, -0.1) is 0 Å². The van der Waals surface area contributed by atoms with Gasteiger partial charge in [0.2, 0.25) is 5.96 Å². The summed E-state index contributed by atoms with van der Waals surface area (Å²) < 4.78 is 26.9. The second-order valence-electron chi connectivity index (χ2n) is 23.7. The van der Waals surface area contributed by atoms with Crippen LogP contribution in [-0.4, -0.2) is 94.1 Å². The molecule has 4 unspecified atom stereocenters. The third kappa shape index (κ3) is 15.8. The molecule has 0 spiro atoms. The van der Waals surface area contributed by atoms with Crippen molar-refractivity contribution in [1.82, 2.24) is 21.3 Å². The molecule has 12 nitrogen and oxygen atoms in total. The predicted molar refractivity (Wildman–Crippen MR) is 247 cm³/mol. The van der Waals surface area contributed by atoms with Gasteiger partial charge in [0.25, 0.3) is 5.91 Å². The Kier molecular flexibility index (Phi) is 17.1. The van der Waals surface area contributed by atoms with Crippen molar-refractivity contribution in [3.8, 4) is 0 Å². The fraction of sp³-hybridized carbons (Fsp3) is 0.889. The molecular weight excluding hydrogens is 779 g/mol. The Morgan fingerprint density at radius 3 is 2.03 bits per heavy atom. The number of allylic oxidation sites excluding steroid dienone is 1. The number of hydrogen-bond acceptors (Lipinski definition) is 9. The van der Waals surface area contributed by atoms with Crippen molar-refractivity contribution in [3.63, 3.8) is 0 Å². The van der Waals surface area contributed by atoms with E-state index in [1.165, 1.54) is 0 Å². The molecule has 0 saturated heterocycles. The van der Waals surface area contributed by atoms with E-state index in [1.54, 1.807) is 13.0 Å². The van der Waals surface area contributed by atoms with Crippen LogP contribution in [0.4, 0.5) is 4.79 Å². The van der Waals surface area contributed by atoms with E-state index in [0.29, 0.717) is 38.3 Å². The quantitative estimate of drug-likeness (QED) is 0.0675. The monoisotopic (exact) mass is 868 g/mol. The van der Waals surface area contributed by atoms with Gasteiger partial charge in [0.1, 0.15) is 5.60 Å². The van der Waals surface area contributed by atoms with Crippen molar-refractivity contribution in [3.05, 3.63) is 11.8 Å². The van der Waals surface area contributed by atoms with E-state index in [2.05, 4.69) is 150 Å². The molecule has 1 fully saturated rings. The summed E-state index contributed by atoms with van der Waals surface area (Å²) in [6.45, 7) is 47.2. The van der Waals surface area contributed by atoms with E-state index in [0.717, 1.165) is 25.3 Å². The first kappa shape index (κ1) is 53.3. The fourth-order valence-electron chi connectivity index (χ4n) is 8.73.